The van der Waals surface area contributed by atoms with Gasteiger partial charge < -0.3 is 0 Å². The van der Waals surface area contributed by atoms with Crippen LogP contribution in [0.15, 0.2) is 23.3 Å². The van der Waals surface area contributed by atoms with E-state index in [0.717, 1.165) is 19.3 Å². The molecule has 10 heavy (non-hydrogen) atoms. The predicted octanol–water partition coefficient (Wildman–Crippen LogP) is 2.00. The van der Waals surface area contributed by atoms with Gasteiger partial charge in [-0.05, 0) is 18.4 Å². The molecule has 0 spiro atoms. The highest BCUT2D eigenvalue weighted by molar-refractivity contribution is 5.88. The van der Waals surface area contributed by atoms with Gasteiger partial charge >= 0.3 is 0 Å². The van der Waals surface area contributed by atoms with Crippen LogP contribution < -0.4 is 0 Å². The highest BCUT2D eigenvalue weighted by Gasteiger charge is 2.20. The molecule has 0 fully saturated rings. The number of Topliss-reactive ketones (excluding diaryl/α,β-unsaturated/α-hetero) is 1. The van der Waals surface area contributed by atoms with E-state index in [1.165, 1.54) is 11.1 Å². The first-order chi connectivity index (χ1) is 4.86. The third kappa shape index (κ3) is 0.821. The quantitative estimate of drug-likeness (QED) is 0.495. The molecular formula is C9H10O. The molecule has 2 rings (SSSR count). The average Bonchev–Trinajstić information content (AvgIpc) is 2.27. The highest BCUT2D eigenvalue weighted by atomic mass is 16.1. The molecule has 0 bridgehead atoms. The Bertz CT molecular complexity index is 233. The Kier molecular flexibility index (Phi) is 1.23. The summed E-state index contributed by atoms with van der Waals surface area (Å²) in [4.78, 5) is 10.9. The van der Waals surface area contributed by atoms with Gasteiger partial charge in [0.05, 0.1) is 0 Å². The second kappa shape index (κ2) is 2.08. The lowest BCUT2D eigenvalue weighted by Crippen LogP contribution is -1.87. The van der Waals surface area contributed by atoms with Gasteiger partial charge in [0.1, 0.15) is 5.78 Å². The molecule has 0 radical (unpaired) electrons. The Balaban J connectivity index is 2.29. The molecule has 0 aromatic rings. The minimum atomic E-state index is 0.400. The zero-order valence-electron chi connectivity index (χ0n) is 5.89. The molecule has 1 heteroatoms. The second-order valence-corrected chi connectivity index (χ2v) is 2.96. The number of carbonyl (C=O) groups excluding carboxylic acids is 1. The van der Waals surface area contributed by atoms with E-state index in [1.807, 2.05) is 0 Å². The van der Waals surface area contributed by atoms with Crippen molar-refractivity contribution in [2.75, 3.05) is 0 Å². The first kappa shape index (κ1) is 5.90. The molecule has 0 saturated carbocycles. The molecule has 0 amide bonds. The summed E-state index contributed by atoms with van der Waals surface area (Å²) in [5.41, 5.74) is 2.70. The fraction of sp³-hybridized carbons (Fsp3) is 0.444. The SMILES string of the molecule is O=C1CC2=C(CCC=C2)C1. The maximum absolute atomic E-state index is 10.9. The van der Waals surface area contributed by atoms with Gasteiger partial charge in [-0.1, -0.05) is 17.7 Å². The average molecular weight is 134 g/mol. The Labute approximate surface area is 60.4 Å². The monoisotopic (exact) mass is 134 g/mol. The Morgan fingerprint density at radius 3 is 3.00 bits per heavy atom. The zero-order valence-corrected chi connectivity index (χ0v) is 5.89. The number of rotatable bonds is 0. The molecule has 0 aromatic carbocycles. The van der Waals surface area contributed by atoms with Crippen molar-refractivity contribution in [3.05, 3.63) is 23.3 Å². The molecule has 52 valence electrons. The van der Waals surface area contributed by atoms with Crippen LogP contribution in [0.4, 0.5) is 0 Å². The summed E-state index contributed by atoms with van der Waals surface area (Å²) in [5.74, 6) is 0.400. The maximum Gasteiger partial charge on any atom is 0.141 e. The van der Waals surface area contributed by atoms with Crippen LogP contribution >= 0.6 is 0 Å². The van der Waals surface area contributed by atoms with E-state index in [0.29, 0.717) is 12.2 Å². The number of hydrogen-bond donors (Lipinski definition) is 0. The van der Waals surface area contributed by atoms with Crippen molar-refractivity contribution in [1.82, 2.24) is 0 Å². The summed E-state index contributed by atoms with van der Waals surface area (Å²) < 4.78 is 0. The first-order valence-corrected chi connectivity index (χ1v) is 3.75. The van der Waals surface area contributed by atoms with E-state index >= 15 is 0 Å². The Morgan fingerprint density at radius 2 is 2.20 bits per heavy atom. The number of ketones is 1. The second-order valence-electron chi connectivity index (χ2n) is 2.96. The molecule has 0 aliphatic heterocycles. The summed E-state index contributed by atoms with van der Waals surface area (Å²) in [6.07, 6.45) is 7.97. The minimum absolute atomic E-state index is 0.400. The largest absolute Gasteiger partial charge is 0.299 e. The smallest absolute Gasteiger partial charge is 0.141 e. The van der Waals surface area contributed by atoms with E-state index in [4.69, 9.17) is 0 Å². The van der Waals surface area contributed by atoms with Gasteiger partial charge in [0.25, 0.3) is 0 Å². The van der Waals surface area contributed by atoms with E-state index in [-0.39, 0.29) is 0 Å². The zero-order chi connectivity index (χ0) is 6.97. The van der Waals surface area contributed by atoms with Crippen LogP contribution in [-0.4, -0.2) is 5.78 Å². The third-order valence-corrected chi connectivity index (χ3v) is 2.18. The minimum Gasteiger partial charge on any atom is -0.299 e. The van der Waals surface area contributed by atoms with Crippen molar-refractivity contribution in [3.8, 4) is 0 Å². The molecule has 2 aliphatic rings. The number of allylic oxidation sites excluding steroid dienone is 4. The lowest BCUT2D eigenvalue weighted by molar-refractivity contribution is -0.117. The van der Waals surface area contributed by atoms with Gasteiger partial charge in [-0.25, -0.2) is 0 Å². The Hall–Kier alpha value is -0.850. The Morgan fingerprint density at radius 1 is 1.30 bits per heavy atom. The van der Waals surface area contributed by atoms with Crippen molar-refractivity contribution in [1.29, 1.82) is 0 Å². The number of hydrogen-bond acceptors (Lipinski definition) is 1. The molecule has 0 atom stereocenters. The fourth-order valence-electron chi connectivity index (χ4n) is 1.66. The first-order valence-electron chi connectivity index (χ1n) is 3.75. The molecule has 0 saturated heterocycles. The maximum atomic E-state index is 10.9. The van der Waals surface area contributed by atoms with Crippen LogP contribution in [0.25, 0.3) is 0 Å². The normalized spacial score (nSPS) is 23.8. The molecular weight excluding hydrogens is 124 g/mol. The highest BCUT2D eigenvalue weighted by Crippen LogP contribution is 2.30. The lowest BCUT2D eigenvalue weighted by atomic mass is 10.0. The third-order valence-electron chi connectivity index (χ3n) is 2.18. The van der Waals surface area contributed by atoms with E-state index < -0.39 is 0 Å². The van der Waals surface area contributed by atoms with Crippen LogP contribution in [0.1, 0.15) is 25.7 Å². The molecule has 0 aromatic heterocycles. The van der Waals surface area contributed by atoms with Crippen molar-refractivity contribution in [3.63, 3.8) is 0 Å². The predicted molar refractivity (Wildman–Crippen MR) is 39.6 cm³/mol. The molecule has 0 unspecified atom stereocenters. The van der Waals surface area contributed by atoms with E-state index in [9.17, 15) is 4.79 Å². The summed E-state index contributed by atoms with van der Waals surface area (Å²) in [5, 5.41) is 0. The van der Waals surface area contributed by atoms with E-state index in [2.05, 4.69) is 12.2 Å². The van der Waals surface area contributed by atoms with Gasteiger partial charge in [-0.15, -0.1) is 0 Å². The van der Waals surface area contributed by atoms with Gasteiger partial charge in [-0.3, -0.25) is 4.79 Å². The summed E-state index contributed by atoms with van der Waals surface area (Å²) in [7, 11) is 0. The van der Waals surface area contributed by atoms with Crippen LogP contribution in [0.5, 0.6) is 0 Å². The van der Waals surface area contributed by atoms with Crippen LogP contribution in [0.3, 0.4) is 0 Å². The molecule has 2 aliphatic carbocycles. The van der Waals surface area contributed by atoms with Crippen molar-refractivity contribution in [2.24, 2.45) is 0 Å². The lowest BCUT2D eigenvalue weighted by Gasteiger charge is -2.04. The van der Waals surface area contributed by atoms with Gasteiger partial charge in [0.15, 0.2) is 0 Å². The van der Waals surface area contributed by atoms with Crippen molar-refractivity contribution >= 4 is 5.78 Å². The summed E-state index contributed by atoms with van der Waals surface area (Å²) >= 11 is 0. The topological polar surface area (TPSA) is 17.1 Å². The molecule has 1 nitrogen and oxygen atoms in total. The number of carbonyl (C=O) groups is 1. The molecule has 0 N–H and O–H groups in total. The standard InChI is InChI=1S/C9H10O/c10-9-5-7-3-1-2-4-8(7)6-9/h1,3H,2,4-6H2. The van der Waals surface area contributed by atoms with Crippen LogP contribution in [0, 0.1) is 0 Å². The van der Waals surface area contributed by atoms with Gasteiger partial charge in [-0.2, -0.15) is 0 Å². The summed E-state index contributed by atoms with van der Waals surface area (Å²) in [6.45, 7) is 0. The van der Waals surface area contributed by atoms with E-state index in [1.54, 1.807) is 0 Å². The van der Waals surface area contributed by atoms with Crippen molar-refractivity contribution < 1.29 is 4.79 Å². The van der Waals surface area contributed by atoms with Crippen LogP contribution in [-0.2, 0) is 4.79 Å². The molecule has 0 heterocycles. The van der Waals surface area contributed by atoms with Crippen molar-refractivity contribution in [2.45, 2.75) is 25.7 Å². The van der Waals surface area contributed by atoms with Crippen LogP contribution in [0.2, 0.25) is 0 Å². The fourth-order valence-corrected chi connectivity index (χ4v) is 1.66. The van der Waals surface area contributed by atoms with Gasteiger partial charge in [0, 0.05) is 12.8 Å². The summed E-state index contributed by atoms with van der Waals surface area (Å²) in [6, 6.07) is 0. The van der Waals surface area contributed by atoms with Gasteiger partial charge in [0.2, 0.25) is 0 Å².